The van der Waals surface area contributed by atoms with Crippen molar-refractivity contribution in [3.8, 4) is 5.75 Å². The van der Waals surface area contributed by atoms with Crippen LogP contribution in [0.3, 0.4) is 0 Å². The van der Waals surface area contributed by atoms with E-state index in [4.69, 9.17) is 4.74 Å². The van der Waals surface area contributed by atoms with Gasteiger partial charge < -0.3 is 10.1 Å². The summed E-state index contributed by atoms with van der Waals surface area (Å²) in [6, 6.07) is 5.62. The van der Waals surface area contributed by atoms with Crippen LogP contribution in [-0.4, -0.2) is 25.2 Å². The fourth-order valence-electron chi connectivity index (χ4n) is 1.52. The van der Waals surface area contributed by atoms with Gasteiger partial charge in [-0.25, -0.2) is 0 Å². The molecule has 0 bridgehead atoms. The second kappa shape index (κ2) is 6.63. The number of carbonyl (C=O) groups is 1. The highest BCUT2D eigenvalue weighted by molar-refractivity contribution is 5.77. The lowest BCUT2D eigenvalue weighted by Crippen LogP contribution is -2.36. The predicted molar refractivity (Wildman–Crippen MR) is 69.8 cm³/mol. The summed E-state index contributed by atoms with van der Waals surface area (Å²) in [7, 11) is 0. The summed E-state index contributed by atoms with van der Waals surface area (Å²) in [5, 5.41) is 1.76. The van der Waals surface area contributed by atoms with Gasteiger partial charge in [0, 0.05) is 0 Å². The third-order valence-corrected chi connectivity index (χ3v) is 2.72. The number of benzene rings is 1. The summed E-state index contributed by atoms with van der Waals surface area (Å²) < 4.78 is 41.1. The van der Waals surface area contributed by atoms with Crippen molar-refractivity contribution in [3.63, 3.8) is 0 Å². The first-order valence-electron chi connectivity index (χ1n) is 6.26. The van der Waals surface area contributed by atoms with Gasteiger partial charge >= 0.3 is 6.18 Å². The molecule has 0 saturated heterocycles. The van der Waals surface area contributed by atoms with Gasteiger partial charge in [0.15, 0.2) is 6.61 Å². The summed E-state index contributed by atoms with van der Waals surface area (Å²) in [6.45, 7) is 4.07. The maximum absolute atomic E-state index is 11.9. The highest BCUT2D eigenvalue weighted by atomic mass is 19.4. The highest BCUT2D eigenvalue weighted by Gasteiger charge is 2.27. The predicted octanol–water partition coefficient (Wildman–Crippen LogP) is 3.18. The number of hydrogen-bond acceptors (Lipinski definition) is 2. The van der Waals surface area contributed by atoms with Crippen LogP contribution in [0.5, 0.6) is 5.75 Å². The maximum atomic E-state index is 11.9. The van der Waals surface area contributed by atoms with Gasteiger partial charge in [0.05, 0.1) is 0 Å². The molecule has 0 saturated carbocycles. The van der Waals surface area contributed by atoms with E-state index in [0.29, 0.717) is 11.7 Å². The van der Waals surface area contributed by atoms with Crippen molar-refractivity contribution in [2.75, 3.05) is 13.2 Å². The lowest BCUT2D eigenvalue weighted by molar-refractivity contribution is -0.139. The fraction of sp³-hybridized carbons (Fsp3) is 0.500. The number of alkyl halides is 3. The largest absolute Gasteiger partial charge is 0.483 e. The Balaban J connectivity index is 2.57. The molecule has 0 spiro atoms. The molecule has 0 aliphatic rings. The number of nitrogens with one attached hydrogen (secondary N) is 1. The number of rotatable bonds is 5. The Kier molecular flexibility index (Phi) is 5.42. The van der Waals surface area contributed by atoms with Gasteiger partial charge in [0.1, 0.15) is 12.3 Å². The Morgan fingerprint density at radius 1 is 1.35 bits per heavy atom. The third-order valence-electron chi connectivity index (χ3n) is 2.72. The van der Waals surface area contributed by atoms with Crippen molar-refractivity contribution < 1.29 is 22.7 Å². The molecule has 0 fully saturated rings. The number of aryl methyl sites for hydroxylation is 1. The van der Waals surface area contributed by atoms with Crippen LogP contribution in [0, 0.1) is 6.92 Å². The lowest BCUT2D eigenvalue weighted by atomic mass is 10.0. The molecule has 1 aromatic rings. The summed E-state index contributed by atoms with van der Waals surface area (Å²) in [5.41, 5.74) is 1.87. The zero-order valence-corrected chi connectivity index (χ0v) is 11.7. The normalized spacial score (nSPS) is 11.6. The first kappa shape index (κ1) is 16.3. The number of carbonyl (C=O) groups excluding carboxylic acids is 1. The second-order valence-electron chi connectivity index (χ2n) is 4.86. The van der Waals surface area contributed by atoms with Crippen LogP contribution >= 0.6 is 0 Å². The topological polar surface area (TPSA) is 38.3 Å². The molecule has 1 N–H and O–H groups in total. The average Bonchev–Trinajstić information content (AvgIpc) is 2.34. The van der Waals surface area contributed by atoms with Crippen molar-refractivity contribution in [1.82, 2.24) is 5.32 Å². The van der Waals surface area contributed by atoms with Crippen LogP contribution in [0.4, 0.5) is 13.2 Å². The van der Waals surface area contributed by atoms with Crippen LogP contribution in [0.1, 0.15) is 30.9 Å². The van der Waals surface area contributed by atoms with Crippen LogP contribution < -0.4 is 10.1 Å². The molecule has 0 aromatic heterocycles. The quantitative estimate of drug-likeness (QED) is 0.904. The average molecular weight is 289 g/mol. The molecule has 1 rings (SSSR count). The minimum Gasteiger partial charge on any atom is -0.483 e. The number of amides is 1. The Hall–Kier alpha value is -1.72. The number of ether oxygens (including phenoxy) is 1. The minimum absolute atomic E-state index is 0.303. The molecular weight excluding hydrogens is 271 g/mol. The smallest absolute Gasteiger partial charge is 0.405 e. The lowest BCUT2D eigenvalue weighted by Gasteiger charge is -2.13. The van der Waals surface area contributed by atoms with E-state index in [1.54, 1.807) is 11.4 Å². The Morgan fingerprint density at radius 3 is 2.55 bits per heavy atom. The van der Waals surface area contributed by atoms with E-state index >= 15 is 0 Å². The summed E-state index contributed by atoms with van der Waals surface area (Å²) >= 11 is 0. The molecule has 0 heterocycles. The van der Waals surface area contributed by atoms with E-state index in [1.165, 1.54) is 0 Å². The SMILES string of the molecule is Cc1ccc(C(C)C)cc1OCC(=O)NCC(F)(F)F. The number of hydrogen-bond donors (Lipinski definition) is 1. The summed E-state index contributed by atoms with van der Waals surface area (Å²) in [5.74, 6) is 0.0204. The van der Waals surface area contributed by atoms with Crippen molar-refractivity contribution in [1.29, 1.82) is 0 Å². The molecule has 0 aliphatic heterocycles. The van der Waals surface area contributed by atoms with E-state index in [1.807, 2.05) is 32.9 Å². The van der Waals surface area contributed by atoms with Crippen molar-refractivity contribution in [2.24, 2.45) is 0 Å². The molecular formula is C14H18F3NO2. The summed E-state index contributed by atoms with van der Waals surface area (Å²) in [4.78, 5) is 11.3. The Bertz CT molecular complexity index is 470. The Morgan fingerprint density at radius 2 is 2.00 bits per heavy atom. The van der Waals surface area contributed by atoms with E-state index in [2.05, 4.69) is 0 Å². The monoisotopic (exact) mass is 289 g/mol. The van der Waals surface area contributed by atoms with Gasteiger partial charge in [-0.15, -0.1) is 0 Å². The van der Waals surface area contributed by atoms with Gasteiger partial charge in [0.25, 0.3) is 5.91 Å². The van der Waals surface area contributed by atoms with E-state index in [-0.39, 0.29) is 0 Å². The third kappa shape index (κ3) is 5.50. The summed E-state index contributed by atoms with van der Waals surface area (Å²) in [6.07, 6.45) is -4.41. The van der Waals surface area contributed by atoms with Crippen molar-refractivity contribution >= 4 is 5.91 Å². The molecule has 1 aromatic carbocycles. The molecule has 6 heteroatoms. The molecule has 1 amide bonds. The van der Waals surface area contributed by atoms with Gasteiger partial charge in [-0.1, -0.05) is 26.0 Å². The standard InChI is InChI=1S/C14H18F3NO2/c1-9(2)11-5-4-10(3)12(6-11)20-7-13(19)18-8-14(15,16)17/h4-6,9H,7-8H2,1-3H3,(H,18,19). The van der Waals surface area contributed by atoms with Crippen LogP contribution in [0.25, 0.3) is 0 Å². The van der Waals surface area contributed by atoms with Gasteiger partial charge in [0.2, 0.25) is 0 Å². The van der Waals surface area contributed by atoms with Crippen molar-refractivity contribution in [2.45, 2.75) is 32.9 Å². The molecule has 0 atom stereocenters. The van der Waals surface area contributed by atoms with E-state index in [0.717, 1.165) is 11.1 Å². The molecule has 20 heavy (non-hydrogen) atoms. The zero-order chi connectivity index (χ0) is 15.3. The molecule has 0 unspecified atom stereocenters. The van der Waals surface area contributed by atoms with Crippen LogP contribution in [0.15, 0.2) is 18.2 Å². The van der Waals surface area contributed by atoms with Crippen molar-refractivity contribution in [3.05, 3.63) is 29.3 Å². The second-order valence-corrected chi connectivity index (χ2v) is 4.86. The first-order valence-corrected chi connectivity index (χ1v) is 6.26. The minimum atomic E-state index is -4.41. The molecule has 3 nitrogen and oxygen atoms in total. The fourth-order valence-corrected chi connectivity index (χ4v) is 1.52. The molecule has 0 radical (unpaired) electrons. The van der Waals surface area contributed by atoms with E-state index in [9.17, 15) is 18.0 Å². The molecule has 0 aliphatic carbocycles. The highest BCUT2D eigenvalue weighted by Crippen LogP contribution is 2.24. The van der Waals surface area contributed by atoms with Crippen LogP contribution in [0.2, 0.25) is 0 Å². The van der Waals surface area contributed by atoms with E-state index < -0.39 is 25.2 Å². The first-order chi connectivity index (χ1) is 9.19. The maximum Gasteiger partial charge on any atom is 0.405 e. The van der Waals surface area contributed by atoms with Gasteiger partial charge in [-0.3, -0.25) is 4.79 Å². The Labute approximate surface area is 116 Å². The number of halogens is 3. The molecule has 112 valence electrons. The van der Waals surface area contributed by atoms with Gasteiger partial charge in [-0.05, 0) is 30.0 Å². The van der Waals surface area contributed by atoms with Gasteiger partial charge in [-0.2, -0.15) is 13.2 Å². The van der Waals surface area contributed by atoms with Crippen LogP contribution in [-0.2, 0) is 4.79 Å². The zero-order valence-electron chi connectivity index (χ0n) is 11.7.